The van der Waals surface area contributed by atoms with Gasteiger partial charge in [-0.15, -0.1) is 0 Å². The first kappa shape index (κ1) is 25.1. The standard InChI is InChI=1S/C29H28N2O4S/c1-34-29(32)27-11-6-5-10-26(27)23-14-12-22(13-15-23)21-31-28-20-25(16-17-30-28)36(33)19-7-18-35-24-8-3-2-4-9-24/h2-6,8-17,20H,7,18-19,21H2,1H3,(H,30,31). The number of hydrogen-bond acceptors (Lipinski definition) is 6. The molecule has 0 aliphatic carbocycles. The highest BCUT2D eigenvalue weighted by Crippen LogP contribution is 2.25. The van der Waals surface area contributed by atoms with Crippen LogP contribution in [0, 0.1) is 0 Å². The molecule has 1 atom stereocenters. The summed E-state index contributed by atoms with van der Waals surface area (Å²) in [6.07, 6.45) is 2.36. The van der Waals surface area contributed by atoms with Crippen molar-refractivity contribution < 1.29 is 18.5 Å². The molecule has 0 saturated heterocycles. The molecular formula is C29H28N2O4S. The van der Waals surface area contributed by atoms with Gasteiger partial charge in [0.2, 0.25) is 0 Å². The van der Waals surface area contributed by atoms with Crippen LogP contribution in [0.3, 0.4) is 0 Å². The van der Waals surface area contributed by atoms with Gasteiger partial charge in [-0.1, -0.05) is 60.7 Å². The van der Waals surface area contributed by atoms with Gasteiger partial charge in [-0.05, 0) is 53.4 Å². The molecule has 1 heterocycles. The molecule has 0 aliphatic heterocycles. The minimum absolute atomic E-state index is 0.358. The van der Waals surface area contributed by atoms with E-state index >= 15 is 0 Å². The van der Waals surface area contributed by atoms with Crippen molar-refractivity contribution in [2.24, 2.45) is 0 Å². The zero-order chi connectivity index (χ0) is 25.2. The fourth-order valence-corrected chi connectivity index (χ4v) is 4.75. The molecule has 3 aromatic carbocycles. The monoisotopic (exact) mass is 500 g/mol. The summed E-state index contributed by atoms with van der Waals surface area (Å²) in [7, 11) is 0.253. The predicted molar refractivity (Wildman–Crippen MR) is 143 cm³/mol. The fourth-order valence-electron chi connectivity index (χ4n) is 3.68. The SMILES string of the molecule is COC(=O)c1ccccc1-c1ccc(CNc2cc(S(=O)CCCOc3ccccc3)ccn2)cc1. The van der Waals surface area contributed by atoms with Gasteiger partial charge in [0.1, 0.15) is 11.6 Å². The van der Waals surface area contributed by atoms with Crippen LogP contribution in [0.4, 0.5) is 5.82 Å². The minimum Gasteiger partial charge on any atom is -0.494 e. The van der Waals surface area contributed by atoms with Crippen molar-refractivity contribution in [2.75, 3.05) is 24.8 Å². The Morgan fingerprint density at radius 2 is 1.69 bits per heavy atom. The van der Waals surface area contributed by atoms with E-state index in [-0.39, 0.29) is 5.97 Å². The second-order valence-electron chi connectivity index (χ2n) is 8.03. The zero-order valence-electron chi connectivity index (χ0n) is 20.1. The van der Waals surface area contributed by atoms with E-state index in [4.69, 9.17) is 9.47 Å². The lowest BCUT2D eigenvalue weighted by Gasteiger charge is -2.10. The van der Waals surface area contributed by atoms with Crippen LogP contribution < -0.4 is 10.1 Å². The Balaban J connectivity index is 1.31. The van der Waals surface area contributed by atoms with Crippen LogP contribution in [-0.2, 0) is 22.1 Å². The highest BCUT2D eigenvalue weighted by atomic mass is 32.2. The van der Waals surface area contributed by atoms with E-state index in [0.29, 0.717) is 36.7 Å². The lowest BCUT2D eigenvalue weighted by molar-refractivity contribution is 0.0601. The number of nitrogens with one attached hydrogen (secondary N) is 1. The van der Waals surface area contributed by atoms with Crippen molar-refractivity contribution in [3.8, 4) is 16.9 Å². The fraction of sp³-hybridized carbons (Fsp3) is 0.172. The highest BCUT2D eigenvalue weighted by molar-refractivity contribution is 7.85. The van der Waals surface area contributed by atoms with Crippen LogP contribution >= 0.6 is 0 Å². The van der Waals surface area contributed by atoms with Crippen molar-refractivity contribution in [3.63, 3.8) is 0 Å². The van der Waals surface area contributed by atoms with E-state index in [0.717, 1.165) is 27.3 Å². The smallest absolute Gasteiger partial charge is 0.338 e. The van der Waals surface area contributed by atoms with Crippen LogP contribution in [0.15, 0.2) is 102 Å². The Bertz CT molecular complexity index is 1310. The number of carbonyl (C=O) groups excluding carboxylic acids is 1. The topological polar surface area (TPSA) is 77.5 Å². The third-order valence-corrected chi connectivity index (χ3v) is 6.99. The van der Waals surface area contributed by atoms with E-state index in [1.807, 2.05) is 78.9 Å². The van der Waals surface area contributed by atoms with E-state index in [2.05, 4.69) is 10.3 Å². The molecule has 0 aliphatic rings. The molecule has 1 unspecified atom stereocenters. The van der Waals surface area contributed by atoms with E-state index in [1.165, 1.54) is 7.11 Å². The molecule has 0 fully saturated rings. The second kappa shape index (κ2) is 12.7. The van der Waals surface area contributed by atoms with Crippen LogP contribution in [0.2, 0.25) is 0 Å². The number of ether oxygens (including phenoxy) is 2. The first-order chi connectivity index (χ1) is 17.6. The van der Waals surface area contributed by atoms with Crippen molar-refractivity contribution in [3.05, 3.63) is 108 Å². The van der Waals surface area contributed by atoms with Crippen LogP contribution in [0.5, 0.6) is 5.75 Å². The van der Waals surface area contributed by atoms with Gasteiger partial charge in [0.25, 0.3) is 0 Å². The summed E-state index contributed by atoms with van der Waals surface area (Å²) in [6.45, 7) is 1.08. The summed E-state index contributed by atoms with van der Waals surface area (Å²) in [6, 6.07) is 28.6. The van der Waals surface area contributed by atoms with Gasteiger partial charge in [0.15, 0.2) is 0 Å². The van der Waals surface area contributed by atoms with Crippen molar-refractivity contribution >= 4 is 22.6 Å². The molecule has 6 nitrogen and oxygen atoms in total. The average molecular weight is 501 g/mol. The molecule has 4 aromatic rings. The maximum atomic E-state index is 12.7. The molecule has 7 heteroatoms. The molecular weight excluding hydrogens is 472 g/mol. The maximum Gasteiger partial charge on any atom is 0.338 e. The number of esters is 1. The number of benzene rings is 3. The van der Waals surface area contributed by atoms with Crippen LogP contribution in [-0.4, -0.2) is 34.6 Å². The molecule has 0 radical (unpaired) electrons. The normalized spacial score (nSPS) is 11.5. The summed E-state index contributed by atoms with van der Waals surface area (Å²) in [5, 5.41) is 3.30. The van der Waals surface area contributed by atoms with Gasteiger partial charge in [-0.25, -0.2) is 9.78 Å². The van der Waals surface area contributed by atoms with Gasteiger partial charge in [-0.3, -0.25) is 4.21 Å². The number of hydrogen-bond donors (Lipinski definition) is 1. The van der Waals surface area contributed by atoms with Gasteiger partial charge < -0.3 is 14.8 Å². The average Bonchev–Trinajstić information content (AvgIpc) is 2.94. The molecule has 0 saturated carbocycles. The van der Waals surface area contributed by atoms with Gasteiger partial charge >= 0.3 is 5.97 Å². The van der Waals surface area contributed by atoms with Crippen molar-refractivity contribution in [2.45, 2.75) is 17.9 Å². The quantitative estimate of drug-likeness (QED) is 0.210. The molecule has 36 heavy (non-hydrogen) atoms. The molecule has 184 valence electrons. The van der Waals surface area contributed by atoms with Crippen molar-refractivity contribution in [1.82, 2.24) is 4.98 Å². The Morgan fingerprint density at radius 1 is 0.944 bits per heavy atom. The number of anilines is 1. The summed E-state index contributed by atoms with van der Waals surface area (Å²) in [5.41, 5.74) is 3.36. The predicted octanol–water partition coefficient (Wildman–Crippen LogP) is 5.72. The third-order valence-electron chi connectivity index (χ3n) is 5.55. The number of methoxy groups -OCH3 is 1. The van der Waals surface area contributed by atoms with E-state index < -0.39 is 10.8 Å². The first-order valence-corrected chi connectivity index (χ1v) is 13.0. The number of rotatable bonds is 11. The Morgan fingerprint density at radius 3 is 2.47 bits per heavy atom. The molecule has 4 rings (SSSR count). The summed E-state index contributed by atoms with van der Waals surface area (Å²) < 4.78 is 23.3. The minimum atomic E-state index is -1.13. The Labute approximate surface area is 213 Å². The Hall–Kier alpha value is -3.97. The third kappa shape index (κ3) is 6.79. The van der Waals surface area contributed by atoms with E-state index in [9.17, 15) is 9.00 Å². The highest BCUT2D eigenvalue weighted by Gasteiger charge is 2.12. The number of carbonyl (C=O) groups is 1. The molecule has 0 bridgehead atoms. The number of nitrogens with zero attached hydrogens (tertiary/aromatic N) is 1. The lowest BCUT2D eigenvalue weighted by Crippen LogP contribution is -2.06. The second-order valence-corrected chi connectivity index (χ2v) is 9.60. The maximum absolute atomic E-state index is 12.7. The summed E-state index contributed by atoms with van der Waals surface area (Å²) in [4.78, 5) is 17.2. The van der Waals surface area contributed by atoms with Gasteiger partial charge in [0.05, 0.1) is 30.1 Å². The number of aromatic nitrogens is 1. The molecule has 0 spiro atoms. The Kier molecular flexibility index (Phi) is 8.83. The molecule has 1 aromatic heterocycles. The summed E-state index contributed by atoms with van der Waals surface area (Å²) in [5.74, 6) is 1.65. The lowest BCUT2D eigenvalue weighted by atomic mass is 9.99. The van der Waals surface area contributed by atoms with Crippen molar-refractivity contribution in [1.29, 1.82) is 0 Å². The molecule has 0 amide bonds. The number of para-hydroxylation sites is 1. The largest absolute Gasteiger partial charge is 0.494 e. The van der Waals surface area contributed by atoms with Gasteiger partial charge in [0, 0.05) is 23.4 Å². The number of pyridine rings is 1. The summed E-state index contributed by atoms with van der Waals surface area (Å²) >= 11 is 0. The van der Waals surface area contributed by atoms with Gasteiger partial charge in [-0.2, -0.15) is 0 Å². The van der Waals surface area contributed by atoms with Crippen LogP contribution in [0.25, 0.3) is 11.1 Å². The van der Waals surface area contributed by atoms with Crippen LogP contribution in [0.1, 0.15) is 22.3 Å². The van der Waals surface area contributed by atoms with E-state index in [1.54, 1.807) is 18.3 Å². The molecule has 1 N–H and O–H groups in total. The first-order valence-electron chi connectivity index (χ1n) is 11.7. The zero-order valence-corrected chi connectivity index (χ0v) is 20.9.